The SMILES string of the molecule is COC(=O)N(Cc1ccc(N2CCCCC2)cc1)c1ccc2nc[nH]c2c1. The number of methoxy groups -OCH3 is 1. The van der Waals surface area contributed by atoms with E-state index in [1.807, 2.05) is 18.2 Å². The van der Waals surface area contributed by atoms with Gasteiger partial charge in [-0.3, -0.25) is 4.90 Å². The number of fused-ring (bicyclic) bond motifs is 1. The summed E-state index contributed by atoms with van der Waals surface area (Å²) < 4.78 is 5.00. The summed E-state index contributed by atoms with van der Waals surface area (Å²) in [7, 11) is 1.41. The van der Waals surface area contributed by atoms with Crippen molar-refractivity contribution in [1.82, 2.24) is 9.97 Å². The zero-order valence-corrected chi connectivity index (χ0v) is 15.5. The van der Waals surface area contributed by atoms with Gasteiger partial charge in [-0.05, 0) is 55.2 Å². The molecule has 3 aromatic rings. The van der Waals surface area contributed by atoms with E-state index in [0.717, 1.165) is 35.4 Å². The topological polar surface area (TPSA) is 61.5 Å². The van der Waals surface area contributed by atoms with Crippen LogP contribution in [0, 0.1) is 0 Å². The van der Waals surface area contributed by atoms with Crippen LogP contribution >= 0.6 is 0 Å². The Morgan fingerprint density at radius 2 is 1.93 bits per heavy atom. The zero-order valence-electron chi connectivity index (χ0n) is 15.5. The van der Waals surface area contributed by atoms with E-state index in [2.05, 4.69) is 39.1 Å². The van der Waals surface area contributed by atoms with Crippen molar-refractivity contribution in [3.63, 3.8) is 0 Å². The zero-order chi connectivity index (χ0) is 18.6. The molecule has 1 aliphatic rings. The smallest absolute Gasteiger partial charge is 0.414 e. The highest BCUT2D eigenvalue weighted by atomic mass is 16.5. The Labute approximate surface area is 158 Å². The Kier molecular flexibility index (Phi) is 4.96. The lowest BCUT2D eigenvalue weighted by Crippen LogP contribution is -2.30. The molecule has 0 radical (unpaired) electrons. The van der Waals surface area contributed by atoms with Crippen LogP contribution in [0.15, 0.2) is 48.8 Å². The highest BCUT2D eigenvalue weighted by Gasteiger charge is 2.18. The van der Waals surface area contributed by atoms with E-state index < -0.39 is 0 Å². The summed E-state index contributed by atoms with van der Waals surface area (Å²) >= 11 is 0. The summed E-state index contributed by atoms with van der Waals surface area (Å²) in [5.41, 5.74) is 4.85. The Balaban J connectivity index is 1.55. The Morgan fingerprint density at radius 1 is 1.15 bits per heavy atom. The average Bonchev–Trinajstić information content (AvgIpc) is 3.20. The van der Waals surface area contributed by atoms with Gasteiger partial charge < -0.3 is 14.6 Å². The molecule has 1 saturated heterocycles. The molecule has 27 heavy (non-hydrogen) atoms. The van der Waals surface area contributed by atoms with Crippen molar-refractivity contribution >= 4 is 28.5 Å². The van der Waals surface area contributed by atoms with Gasteiger partial charge in [0, 0.05) is 24.5 Å². The van der Waals surface area contributed by atoms with E-state index in [1.165, 1.54) is 32.1 Å². The number of hydrogen-bond acceptors (Lipinski definition) is 4. The maximum absolute atomic E-state index is 12.4. The predicted octanol–water partition coefficient (Wildman–Crippen LogP) is 4.33. The van der Waals surface area contributed by atoms with Crippen LogP contribution in [0.4, 0.5) is 16.2 Å². The van der Waals surface area contributed by atoms with Crippen LogP contribution < -0.4 is 9.80 Å². The van der Waals surface area contributed by atoms with Crippen LogP contribution in [0.2, 0.25) is 0 Å². The average molecular weight is 364 g/mol. The monoisotopic (exact) mass is 364 g/mol. The minimum Gasteiger partial charge on any atom is -0.452 e. The third-order valence-electron chi connectivity index (χ3n) is 5.11. The standard InChI is InChI=1S/C21H24N4O2/c1-27-21(26)25(18-9-10-19-20(13-18)23-15-22-19)14-16-5-7-17(8-6-16)24-11-3-2-4-12-24/h5-10,13,15H,2-4,11-12,14H2,1H3,(H,22,23). The van der Waals surface area contributed by atoms with Gasteiger partial charge in [0.15, 0.2) is 0 Å². The van der Waals surface area contributed by atoms with E-state index in [9.17, 15) is 4.79 Å². The number of H-pyrrole nitrogens is 1. The Morgan fingerprint density at radius 3 is 2.67 bits per heavy atom. The third-order valence-corrected chi connectivity index (χ3v) is 5.11. The first-order valence-corrected chi connectivity index (χ1v) is 9.37. The molecule has 1 fully saturated rings. The highest BCUT2D eigenvalue weighted by Crippen LogP contribution is 2.24. The second kappa shape index (κ2) is 7.70. The van der Waals surface area contributed by atoms with Gasteiger partial charge in [-0.1, -0.05) is 12.1 Å². The molecule has 2 heterocycles. The number of nitrogens with zero attached hydrogens (tertiary/aromatic N) is 3. The van der Waals surface area contributed by atoms with Crippen LogP contribution in [-0.4, -0.2) is 36.3 Å². The number of imidazole rings is 1. The summed E-state index contributed by atoms with van der Waals surface area (Å²) in [5, 5.41) is 0. The number of rotatable bonds is 4. The van der Waals surface area contributed by atoms with Crippen molar-refractivity contribution in [2.45, 2.75) is 25.8 Å². The van der Waals surface area contributed by atoms with Crippen LogP contribution in [0.1, 0.15) is 24.8 Å². The first-order chi connectivity index (χ1) is 13.2. The molecule has 1 N–H and O–H groups in total. The highest BCUT2D eigenvalue weighted by molar-refractivity contribution is 5.90. The lowest BCUT2D eigenvalue weighted by molar-refractivity contribution is 0.178. The molecule has 6 nitrogen and oxygen atoms in total. The van der Waals surface area contributed by atoms with Crippen LogP contribution in [0.5, 0.6) is 0 Å². The molecular formula is C21H24N4O2. The van der Waals surface area contributed by atoms with Crippen molar-refractivity contribution < 1.29 is 9.53 Å². The Hall–Kier alpha value is -3.02. The van der Waals surface area contributed by atoms with Gasteiger partial charge in [0.05, 0.1) is 31.0 Å². The molecule has 1 aliphatic heterocycles. The van der Waals surface area contributed by atoms with E-state index >= 15 is 0 Å². The molecule has 0 spiro atoms. The molecule has 6 heteroatoms. The number of hydrogen-bond donors (Lipinski definition) is 1. The number of nitrogens with one attached hydrogen (secondary N) is 1. The third kappa shape index (κ3) is 3.74. The van der Waals surface area contributed by atoms with Crippen molar-refractivity contribution in [2.75, 3.05) is 30.0 Å². The number of benzene rings is 2. The summed E-state index contributed by atoms with van der Waals surface area (Å²) in [6.45, 7) is 2.70. The van der Waals surface area contributed by atoms with Crippen molar-refractivity contribution in [3.05, 3.63) is 54.4 Å². The molecule has 0 unspecified atom stereocenters. The molecule has 0 aliphatic carbocycles. The quantitative estimate of drug-likeness (QED) is 0.749. The Bertz CT molecular complexity index is 913. The first-order valence-electron chi connectivity index (χ1n) is 9.37. The largest absolute Gasteiger partial charge is 0.452 e. The van der Waals surface area contributed by atoms with E-state index in [1.54, 1.807) is 11.2 Å². The van der Waals surface area contributed by atoms with Gasteiger partial charge >= 0.3 is 6.09 Å². The minimum absolute atomic E-state index is 0.381. The molecule has 2 aromatic carbocycles. The van der Waals surface area contributed by atoms with Crippen LogP contribution in [0.3, 0.4) is 0 Å². The van der Waals surface area contributed by atoms with E-state index in [0.29, 0.717) is 6.54 Å². The number of carbonyl (C=O) groups is 1. The molecule has 1 aromatic heterocycles. The number of piperidine rings is 1. The fourth-order valence-electron chi connectivity index (χ4n) is 3.61. The van der Waals surface area contributed by atoms with E-state index in [4.69, 9.17) is 4.74 Å². The molecular weight excluding hydrogens is 340 g/mol. The summed E-state index contributed by atoms with van der Waals surface area (Å²) in [4.78, 5) is 23.7. The van der Waals surface area contributed by atoms with Gasteiger partial charge in [-0.2, -0.15) is 0 Å². The fourth-order valence-corrected chi connectivity index (χ4v) is 3.61. The van der Waals surface area contributed by atoms with Crippen molar-refractivity contribution in [1.29, 1.82) is 0 Å². The molecule has 140 valence electrons. The van der Waals surface area contributed by atoms with Gasteiger partial charge in [0.1, 0.15) is 0 Å². The molecule has 0 atom stereocenters. The second-order valence-electron chi connectivity index (χ2n) is 6.87. The van der Waals surface area contributed by atoms with Gasteiger partial charge in [0.25, 0.3) is 0 Å². The normalized spacial score (nSPS) is 14.3. The summed E-state index contributed by atoms with van der Waals surface area (Å²) in [5.74, 6) is 0. The molecule has 1 amide bonds. The maximum atomic E-state index is 12.4. The number of ether oxygens (including phenoxy) is 1. The lowest BCUT2D eigenvalue weighted by atomic mass is 10.1. The number of aromatic amines is 1. The van der Waals surface area contributed by atoms with Crippen molar-refractivity contribution in [3.8, 4) is 0 Å². The molecule has 0 bridgehead atoms. The van der Waals surface area contributed by atoms with Crippen molar-refractivity contribution in [2.24, 2.45) is 0 Å². The first kappa shape index (κ1) is 17.4. The minimum atomic E-state index is -0.381. The van der Waals surface area contributed by atoms with Gasteiger partial charge in [-0.25, -0.2) is 9.78 Å². The van der Waals surface area contributed by atoms with E-state index in [-0.39, 0.29) is 6.09 Å². The molecule has 4 rings (SSSR count). The summed E-state index contributed by atoms with van der Waals surface area (Å²) in [6.07, 6.45) is 5.11. The maximum Gasteiger partial charge on any atom is 0.414 e. The number of aromatic nitrogens is 2. The second-order valence-corrected chi connectivity index (χ2v) is 6.87. The molecule has 0 saturated carbocycles. The predicted molar refractivity (Wildman–Crippen MR) is 107 cm³/mol. The number of carbonyl (C=O) groups excluding carboxylic acids is 1. The van der Waals surface area contributed by atoms with Gasteiger partial charge in [-0.15, -0.1) is 0 Å². The number of amides is 1. The number of anilines is 2. The fraction of sp³-hybridized carbons (Fsp3) is 0.333. The summed E-state index contributed by atoms with van der Waals surface area (Å²) in [6, 6.07) is 14.2. The van der Waals surface area contributed by atoms with Gasteiger partial charge in [0.2, 0.25) is 0 Å². The lowest BCUT2D eigenvalue weighted by Gasteiger charge is -2.29. The van der Waals surface area contributed by atoms with Crippen LogP contribution in [-0.2, 0) is 11.3 Å². The van der Waals surface area contributed by atoms with Crippen LogP contribution in [0.25, 0.3) is 11.0 Å².